The Morgan fingerprint density at radius 2 is 2.50 bits per heavy atom. The van der Waals surface area contributed by atoms with Crippen LogP contribution in [0.25, 0.3) is 0 Å². The average molecular weight is 216 g/mol. The molecular formula is C2H4INOP-. The predicted molar refractivity (Wildman–Crippen MR) is 35.0 cm³/mol. The molecule has 0 aromatic rings. The van der Waals surface area contributed by atoms with Gasteiger partial charge >= 0.3 is 0 Å². The summed E-state index contributed by atoms with van der Waals surface area (Å²) >= 11 is 1.96. The van der Waals surface area contributed by atoms with Crippen LogP contribution in [0, 0.1) is 0 Å². The first kappa shape index (κ1) is 6.82. The van der Waals surface area contributed by atoms with Crippen LogP contribution in [-0.2, 0) is 0 Å². The van der Waals surface area contributed by atoms with Crippen molar-refractivity contribution < 1.29 is 5.11 Å². The molecule has 0 aromatic heterocycles. The van der Waals surface area contributed by atoms with Crippen LogP contribution in [0.3, 0.4) is 0 Å². The van der Waals surface area contributed by atoms with E-state index >= 15 is 0 Å². The van der Waals surface area contributed by atoms with Gasteiger partial charge < -0.3 is 10.8 Å². The Balaban J connectivity index is 3.22. The number of rotatable bonds is 1. The maximum absolute atomic E-state index is 10.0. The Morgan fingerprint density at radius 3 is 2.50 bits per heavy atom. The summed E-state index contributed by atoms with van der Waals surface area (Å²) in [7, 11) is 0. The first-order chi connectivity index (χ1) is 2.81. The van der Waals surface area contributed by atoms with Crippen molar-refractivity contribution in [3.8, 4) is 0 Å². The van der Waals surface area contributed by atoms with Crippen molar-refractivity contribution in [3.05, 3.63) is 0 Å². The van der Waals surface area contributed by atoms with Gasteiger partial charge in [-0.1, -0.05) is 0 Å². The van der Waals surface area contributed by atoms with Gasteiger partial charge in [-0.25, -0.2) is 0 Å². The number of hydrogen-bond donors (Lipinski definition) is 1. The van der Waals surface area contributed by atoms with E-state index in [-0.39, 0.29) is 12.0 Å². The number of nitrogens with two attached hydrogens (primary N) is 1. The molecule has 0 bridgehead atoms. The second-order valence-electron chi connectivity index (χ2n) is 0.682. The highest BCUT2D eigenvalue weighted by atomic mass is 127. The van der Waals surface area contributed by atoms with Gasteiger partial charge in [0.05, 0.1) is 0 Å². The fourth-order valence-electron chi connectivity index (χ4n) is 0.0345. The van der Waals surface area contributed by atoms with Crippen LogP contribution in [0.1, 0.15) is 0 Å². The van der Waals surface area contributed by atoms with E-state index in [1.807, 2.05) is 22.0 Å². The molecule has 0 unspecified atom stereocenters. The van der Waals surface area contributed by atoms with Crippen molar-refractivity contribution in [1.29, 1.82) is 0 Å². The van der Waals surface area contributed by atoms with Crippen LogP contribution in [0.4, 0.5) is 0 Å². The van der Waals surface area contributed by atoms with Gasteiger partial charge in [0.15, 0.2) is 0 Å². The van der Waals surface area contributed by atoms with E-state index < -0.39 is 0 Å². The molecule has 0 aromatic carbocycles. The summed E-state index contributed by atoms with van der Waals surface area (Å²) in [5.74, 6) is 0.734. The lowest BCUT2D eigenvalue weighted by Gasteiger charge is -2.01. The molecule has 0 rings (SSSR count). The largest absolute Gasteiger partial charge is 0.826 e. The SMILES string of the molecule is NCC([O-])=PI. The molecule has 0 heterocycles. The monoisotopic (exact) mass is 216 g/mol. The highest BCUT2D eigenvalue weighted by Crippen LogP contribution is 2.05. The minimum Gasteiger partial charge on any atom is -0.826 e. The average Bonchev–Trinajstić information content (AvgIpc) is 1.65. The summed E-state index contributed by atoms with van der Waals surface area (Å²) < 4.78 is 0. The Bertz CT molecular complexity index is 64.6. The molecule has 6 heavy (non-hydrogen) atoms. The fraction of sp³-hybridized carbons (Fsp3) is 0.500. The van der Waals surface area contributed by atoms with Crippen LogP contribution < -0.4 is 10.8 Å². The minimum absolute atomic E-state index is 0.0793. The van der Waals surface area contributed by atoms with Gasteiger partial charge in [-0.05, 0) is 27.9 Å². The normalized spacial score (nSPS) is 12.2. The number of hydrogen-bond acceptors (Lipinski definition) is 2. The topological polar surface area (TPSA) is 49.1 Å². The maximum Gasteiger partial charge on any atom is 0.00325 e. The van der Waals surface area contributed by atoms with Crippen LogP contribution in [0.15, 0.2) is 0 Å². The third kappa shape index (κ3) is 3.03. The summed E-state index contributed by atoms with van der Waals surface area (Å²) in [6.45, 7) is 0.171. The molecule has 36 valence electrons. The molecule has 0 amide bonds. The van der Waals surface area contributed by atoms with Gasteiger partial charge in [0.1, 0.15) is 0 Å². The van der Waals surface area contributed by atoms with E-state index in [0.717, 1.165) is 5.85 Å². The first-order valence-corrected chi connectivity index (χ1v) is 5.04. The minimum atomic E-state index is 0.0793. The quantitative estimate of drug-likeness (QED) is 0.484. The molecule has 0 aliphatic rings. The maximum atomic E-state index is 10.0. The van der Waals surface area contributed by atoms with E-state index in [0.29, 0.717) is 0 Å². The molecule has 4 heteroatoms. The van der Waals surface area contributed by atoms with Gasteiger partial charge in [0.2, 0.25) is 0 Å². The lowest BCUT2D eigenvalue weighted by molar-refractivity contribution is -0.210. The number of halogens is 1. The van der Waals surface area contributed by atoms with Gasteiger partial charge in [0, 0.05) is 6.54 Å². The summed E-state index contributed by atoms with van der Waals surface area (Å²) in [5.41, 5.74) is 5.00. The summed E-state index contributed by atoms with van der Waals surface area (Å²) in [6, 6.07) is 0. The van der Waals surface area contributed by atoms with Crippen molar-refractivity contribution in [3.63, 3.8) is 0 Å². The van der Waals surface area contributed by atoms with Crippen LogP contribution in [0.2, 0.25) is 0 Å². The molecule has 0 aliphatic heterocycles. The Morgan fingerprint density at radius 1 is 2.00 bits per heavy atom. The molecule has 0 saturated carbocycles. The predicted octanol–water partition coefficient (Wildman–Crippen LogP) is -0.268. The zero-order valence-electron chi connectivity index (χ0n) is 3.02. The van der Waals surface area contributed by atoms with Crippen molar-refractivity contribution in [2.24, 2.45) is 5.73 Å². The van der Waals surface area contributed by atoms with E-state index in [4.69, 9.17) is 5.73 Å². The smallest absolute Gasteiger partial charge is 0.00325 e. The molecule has 0 radical (unpaired) electrons. The molecule has 0 aliphatic carbocycles. The van der Waals surface area contributed by atoms with Crippen molar-refractivity contribution in [2.45, 2.75) is 0 Å². The van der Waals surface area contributed by atoms with Crippen LogP contribution >= 0.6 is 27.9 Å². The molecule has 0 fully saturated rings. The first-order valence-electron chi connectivity index (χ1n) is 1.36. The van der Waals surface area contributed by atoms with Gasteiger partial charge in [-0.3, -0.25) is 0 Å². The summed E-state index contributed by atoms with van der Waals surface area (Å²) in [4.78, 5) is 0. The van der Waals surface area contributed by atoms with E-state index in [9.17, 15) is 5.11 Å². The highest BCUT2D eigenvalue weighted by molar-refractivity contribution is 14.2. The third-order valence-electron chi connectivity index (χ3n) is 0.269. The van der Waals surface area contributed by atoms with Crippen molar-refractivity contribution >= 4 is 33.4 Å². The standard InChI is InChI=1S/C2H5INOP/c3-6-2(5)1-4/h5H,1,4H2/p-1. The molecule has 0 atom stereocenters. The Labute approximate surface area is 51.0 Å². The van der Waals surface area contributed by atoms with Crippen LogP contribution in [-0.4, -0.2) is 12.0 Å². The molecular weight excluding hydrogens is 212 g/mol. The highest BCUT2D eigenvalue weighted by Gasteiger charge is 1.64. The second-order valence-corrected chi connectivity index (χ2v) is 2.80. The Kier molecular flexibility index (Phi) is 4.54. The zero-order chi connectivity index (χ0) is 4.99. The van der Waals surface area contributed by atoms with Gasteiger partial charge in [0.25, 0.3) is 0 Å². The fourth-order valence-corrected chi connectivity index (χ4v) is 0.694. The lowest BCUT2D eigenvalue weighted by Crippen LogP contribution is -2.24. The van der Waals surface area contributed by atoms with E-state index in [1.165, 1.54) is 0 Å². The summed E-state index contributed by atoms with van der Waals surface area (Å²) in [5, 5.41) is 10.0. The zero-order valence-corrected chi connectivity index (χ0v) is 6.07. The second kappa shape index (κ2) is 3.99. The molecule has 2 N–H and O–H groups in total. The van der Waals surface area contributed by atoms with E-state index in [2.05, 4.69) is 0 Å². The lowest BCUT2D eigenvalue weighted by atomic mass is 10.7. The molecule has 0 saturated heterocycles. The van der Waals surface area contributed by atoms with Gasteiger partial charge in [-0.2, -0.15) is 0 Å². The van der Waals surface area contributed by atoms with Gasteiger partial charge in [-0.15, -0.1) is 5.48 Å². The Hall–Kier alpha value is 0.820. The summed E-state index contributed by atoms with van der Waals surface area (Å²) in [6.07, 6.45) is 0. The third-order valence-corrected chi connectivity index (χ3v) is 2.25. The molecule has 0 spiro atoms. The van der Waals surface area contributed by atoms with Crippen molar-refractivity contribution in [2.75, 3.05) is 6.54 Å². The van der Waals surface area contributed by atoms with Crippen LogP contribution in [0.5, 0.6) is 0 Å². The van der Waals surface area contributed by atoms with E-state index in [1.54, 1.807) is 0 Å². The molecule has 2 nitrogen and oxygen atoms in total. The van der Waals surface area contributed by atoms with Crippen molar-refractivity contribution in [1.82, 2.24) is 0 Å².